The number of nitrogens with zero attached hydrogens (tertiary/aromatic N) is 1. The summed E-state index contributed by atoms with van der Waals surface area (Å²) in [6, 6.07) is 6.25. The largest absolute Gasteiger partial charge is 0.573 e. The molecule has 1 heterocycles. The Bertz CT molecular complexity index is 391. The van der Waals surface area contributed by atoms with Gasteiger partial charge in [-0.25, -0.2) is 0 Å². The minimum atomic E-state index is -4.63. The molecule has 100 valence electrons. The van der Waals surface area contributed by atoms with Gasteiger partial charge >= 0.3 is 6.36 Å². The fourth-order valence-corrected chi connectivity index (χ4v) is 2.07. The Hall–Kier alpha value is -1.27. The summed E-state index contributed by atoms with van der Waals surface area (Å²) in [7, 11) is 2.01. The van der Waals surface area contributed by atoms with Gasteiger partial charge in [-0.1, -0.05) is 12.1 Å². The minimum Gasteiger partial charge on any atom is -0.406 e. The van der Waals surface area contributed by atoms with Gasteiger partial charge < -0.3 is 10.1 Å². The van der Waals surface area contributed by atoms with E-state index >= 15 is 0 Å². The Morgan fingerprint density at radius 3 is 2.50 bits per heavy atom. The van der Waals surface area contributed by atoms with Crippen LogP contribution in [0.2, 0.25) is 0 Å². The van der Waals surface area contributed by atoms with E-state index in [1.54, 1.807) is 12.1 Å². The highest BCUT2D eigenvalue weighted by atomic mass is 19.4. The molecule has 3 nitrogen and oxygen atoms in total. The minimum absolute atomic E-state index is 0.183. The Balaban J connectivity index is 2.07. The maximum absolute atomic E-state index is 12.0. The molecule has 1 aromatic carbocycles. The third-order valence-electron chi connectivity index (χ3n) is 3.01. The molecular weight excluding hydrogens is 245 g/mol. The molecule has 0 radical (unpaired) electrons. The second-order valence-electron chi connectivity index (χ2n) is 4.32. The standard InChI is InChI=1S/C12H15F3N2O/c1-17-7-6-16-8-11(17)9-2-4-10(5-3-9)18-12(13,14)15/h2-5,11,16H,6-8H2,1H3. The van der Waals surface area contributed by atoms with E-state index < -0.39 is 6.36 Å². The highest BCUT2D eigenvalue weighted by molar-refractivity contribution is 5.29. The van der Waals surface area contributed by atoms with E-state index in [-0.39, 0.29) is 11.8 Å². The Labute approximate surface area is 104 Å². The van der Waals surface area contributed by atoms with Gasteiger partial charge in [0.1, 0.15) is 5.75 Å². The molecule has 0 aromatic heterocycles. The Morgan fingerprint density at radius 1 is 1.28 bits per heavy atom. The predicted molar refractivity (Wildman–Crippen MR) is 61.4 cm³/mol. The predicted octanol–water partition coefficient (Wildman–Crippen LogP) is 2.16. The summed E-state index contributed by atoms with van der Waals surface area (Å²) in [5, 5.41) is 3.26. The average Bonchev–Trinajstić information content (AvgIpc) is 2.29. The maximum Gasteiger partial charge on any atom is 0.573 e. The molecule has 1 atom stereocenters. The highest BCUT2D eigenvalue weighted by Gasteiger charge is 2.31. The quantitative estimate of drug-likeness (QED) is 0.882. The number of likely N-dealkylation sites (N-methyl/N-ethyl adjacent to an activating group) is 1. The molecule has 1 aliphatic heterocycles. The SMILES string of the molecule is CN1CCNCC1c1ccc(OC(F)(F)F)cc1. The zero-order chi connectivity index (χ0) is 13.2. The number of hydrogen-bond acceptors (Lipinski definition) is 3. The van der Waals surface area contributed by atoms with Crippen molar-refractivity contribution < 1.29 is 17.9 Å². The van der Waals surface area contributed by atoms with Crippen LogP contribution in [0.1, 0.15) is 11.6 Å². The zero-order valence-corrected chi connectivity index (χ0v) is 10.00. The van der Waals surface area contributed by atoms with E-state index in [4.69, 9.17) is 0 Å². The smallest absolute Gasteiger partial charge is 0.406 e. The molecule has 2 rings (SSSR count). The first-order chi connectivity index (χ1) is 8.46. The summed E-state index contributed by atoms with van der Waals surface area (Å²) in [6.45, 7) is 2.66. The number of halogens is 3. The highest BCUT2D eigenvalue weighted by Crippen LogP contribution is 2.26. The molecular formula is C12H15F3N2O. The van der Waals surface area contributed by atoms with E-state index in [9.17, 15) is 13.2 Å². The number of benzene rings is 1. The molecule has 0 aliphatic carbocycles. The van der Waals surface area contributed by atoms with Crippen LogP contribution in [0.5, 0.6) is 5.75 Å². The molecule has 18 heavy (non-hydrogen) atoms. The number of alkyl halides is 3. The molecule has 1 N–H and O–H groups in total. The van der Waals surface area contributed by atoms with Gasteiger partial charge in [0.05, 0.1) is 0 Å². The van der Waals surface area contributed by atoms with Crippen molar-refractivity contribution in [3.05, 3.63) is 29.8 Å². The summed E-state index contributed by atoms with van der Waals surface area (Å²) in [5.41, 5.74) is 0.985. The van der Waals surface area contributed by atoms with Gasteiger partial charge in [0, 0.05) is 25.7 Å². The summed E-state index contributed by atoms with van der Waals surface area (Å²) >= 11 is 0. The van der Waals surface area contributed by atoms with E-state index in [0.717, 1.165) is 25.2 Å². The van der Waals surface area contributed by atoms with E-state index in [1.165, 1.54) is 12.1 Å². The summed E-state index contributed by atoms with van der Waals surface area (Å²) in [5.74, 6) is -0.183. The second kappa shape index (κ2) is 5.16. The van der Waals surface area contributed by atoms with Gasteiger partial charge in [0.2, 0.25) is 0 Å². The van der Waals surface area contributed by atoms with E-state index in [1.807, 2.05) is 7.05 Å². The first kappa shape index (κ1) is 13.2. The van der Waals surface area contributed by atoms with Crippen LogP contribution in [0.15, 0.2) is 24.3 Å². The lowest BCUT2D eigenvalue weighted by Crippen LogP contribution is -2.43. The van der Waals surface area contributed by atoms with Crippen LogP contribution < -0.4 is 10.1 Å². The van der Waals surface area contributed by atoms with Gasteiger partial charge in [-0.3, -0.25) is 4.90 Å². The number of nitrogens with one attached hydrogen (secondary N) is 1. The third-order valence-corrected chi connectivity index (χ3v) is 3.01. The lowest BCUT2D eigenvalue weighted by atomic mass is 10.0. The van der Waals surface area contributed by atoms with Crippen LogP contribution in [-0.2, 0) is 0 Å². The van der Waals surface area contributed by atoms with Crippen molar-refractivity contribution in [1.29, 1.82) is 0 Å². The lowest BCUT2D eigenvalue weighted by Gasteiger charge is -2.33. The molecule has 1 unspecified atom stereocenters. The molecule has 0 bridgehead atoms. The second-order valence-corrected chi connectivity index (χ2v) is 4.32. The molecule has 1 fully saturated rings. The molecule has 1 aliphatic rings. The van der Waals surface area contributed by atoms with Crippen LogP contribution in [0.25, 0.3) is 0 Å². The topological polar surface area (TPSA) is 24.5 Å². The fraction of sp³-hybridized carbons (Fsp3) is 0.500. The van der Waals surface area contributed by atoms with Crippen LogP contribution in [0, 0.1) is 0 Å². The van der Waals surface area contributed by atoms with Crippen molar-refractivity contribution in [2.75, 3.05) is 26.7 Å². The summed E-state index contributed by atoms with van der Waals surface area (Å²) < 4.78 is 39.9. The third kappa shape index (κ3) is 3.36. The Kier molecular flexibility index (Phi) is 3.77. The van der Waals surface area contributed by atoms with Crippen molar-refractivity contribution in [1.82, 2.24) is 10.2 Å². The van der Waals surface area contributed by atoms with Gasteiger partial charge in [0.15, 0.2) is 0 Å². The van der Waals surface area contributed by atoms with Crippen LogP contribution in [0.4, 0.5) is 13.2 Å². The van der Waals surface area contributed by atoms with Gasteiger partial charge in [-0.2, -0.15) is 0 Å². The van der Waals surface area contributed by atoms with Gasteiger partial charge in [-0.15, -0.1) is 13.2 Å². The number of rotatable bonds is 2. The summed E-state index contributed by atoms with van der Waals surface area (Å²) in [4.78, 5) is 2.18. The van der Waals surface area contributed by atoms with Crippen molar-refractivity contribution in [2.24, 2.45) is 0 Å². The number of piperazine rings is 1. The molecule has 1 aromatic rings. The van der Waals surface area contributed by atoms with Crippen molar-refractivity contribution >= 4 is 0 Å². The van der Waals surface area contributed by atoms with E-state index in [2.05, 4.69) is 15.0 Å². The molecule has 1 saturated heterocycles. The molecule has 0 saturated carbocycles. The van der Waals surface area contributed by atoms with Crippen molar-refractivity contribution in [3.8, 4) is 5.75 Å². The van der Waals surface area contributed by atoms with Gasteiger partial charge in [-0.05, 0) is 24.7 Å². The molecule has 6 heteroatoms. The van der Waals surface area contributed by atoms with E-state index in [0.29, 0.717) is 0 Å². The lowest BCUT2D eigenvalue weighted by molar-refractivity contribution is -0.274. The number of hydrogen-bond donors (Lipinski definition) is 1. The fourth-order valence-electron chi connectivity index (χ4n) is 2.07. The monoisotopic (exact) mass is 260 g/mol. The number of ether oxygens (including phenoxy) is 1. The average molecular weight is 260 g/mol. The molecule has 0 spiro atoms. The van der Waals surface area contributed by atoms with Gasteiger partial charge in [0.25, 0.3) is 0 Å². The van der Waals surface area contributed by atoms with Crippen LogP contribution in [-0.4, -0.2) is 37.9 Å². The normalized spacial score (nSPS) is 21.9. The van der Waals surface area contributed by atoms with Crippen LogP contribution in [0.3, 0.4) is 0 Å². The summed E-state index contributed by atoms with van der Waals surface area (Å²) in [6.07, 6.45) is -4.63. The first-order valence-corrected chi connectivity index (χ1v) is 5.72. The zero-order valence-electron chi connectivity index (χ0n) is 10.00. The van der Waals surface area contributed by atoms with Crippen LogP contribution >= 0.6 is 0 Å². The Morgan fingerprint density at radius 2 is 1.94 bits per heavy atom. The first-order valence-electron chi connectivity index (χ1n) is 5.72. The molecule has 0 amide bonds. The van der Waals surface area contributed by atoms with Crippen molar-refractivity contribution in [3.63, 3.8) is 0 Å². The van der Waals surface area contributed by atoms with Crippen molar-refractivity contribution in [2.45, 2.75) is 12.4 Å². The maximum atomic E-state index is 12.0.